The van der Waals surface area contributed by atoms with Crippen molar-refractivity contribution in [1.29, 1.82) is 0 Å². The maximum absolute atomic E-state index is 11.1. The zero-order chi connectivity index (χ0) is 11.5. The standard InChI is InChI=1S/C12H22O3/c1-3-12(15,11(13)14)9(2)10-7-5-4-6-8-10/h9-10,15H,3-8H2,1-2H3,(H,13,14). The lowest BCUT2D eigenvalue weighted by Crippen LogP contribution is -2.47. The van der Waals surface area contributed by atoms with Gasteiger partial charge in [-0.05, 0) is 18.3 Å². The van der Waals surface area contributed by atoms with E-state index in [1.54, 1.807) is 6.92 Å². The molecule has 2 N–H and O–H groups in total. The molecule has 2 unspecified atom stereocenters. The molecule has 1 aliphatic carbocycles. The predicted molar refractivity (Wildman–Crippen MR) is 58.6 cm³/mol. The second-order valence-corrected chi connectivity index (χ2v) is 4.77. The largest absolute Gasteiger partial charge is 0.479 e. The summed E-state index contributed by atoms with van der Waals surface area (Å²) in [5.74, 6) is -0.830. The summed E-state index contributed by atoms with van der Waals surface area (Å²) in [4.78, 5) is 11.1. The topological polar surface area (TPSA) is 57.5 Å². The van der Waals surface area contributed by atoms with E-state index in [1.165, 1.54) is 19.3 Å². The van der Waals surface area contributed by atoms with Crippen LogP contribution in [0, 0.1) is 11.8 Å². The third-order valence-corrected chi connectivity index (χ3v) is 4.02. The third kappa shape index (κ3) is 2.51. The lowest BCUT2D eigenvalue weighted by atomic mass is 9.72. The van der Waals surface area contributed by atoms with Gasteiger partial charge in [-0.3, -0.25) is 0 Å². The van der Waals surface area contributed by atoms with Crippen molar-refractivity contribution in [2.75, 3.05) is 0 Å². The van der Waals surface area contributed by atoms with Crippen molar-refractivity contribution in [2.45, 2.75) is 58.0 Å². The minimum atomic E-state index is -1.53. The number of aliphatic carboxylic acids is 1. The van der Waals surface area contributed by atoms with E-state index < -0.39 is 11.6 Å². The van der Waals surface area contributed by atoms with Gasteiger partial charge in [-0.2, -0.15) is 0 Å². The first-order chi connectivity index (χ1) is 7.02. The van der Waals surface area contributed by atoms with Crippen LogP contribution < -0.4 is 0 Å². The number of aliphatic hydroxyl groups is 1. The van der Waals surface area contributed by atoms with Gasteiger partial charge in [0.1, 0.15) is 0 Å². The molecule has 0 heterocycles. The Hall–Kier alpha value is -0.570. The van der Waals surface area contributed by atoms with Crippen LogP contribution in [0.25, 0.3) is 0 Å². The number of carboxylic acids is 1. The van der Waals surface area contributed by atoms with Crippen molar-refractivity contribution >= 4 is 5.97 Å². The van der Waals surface area contributed by atoms with Crippen molar-refractivity contribution in [3.05, 3.63) is 0 Å². The van der Waals surface area contributed by atoms with Gasteiger partial charge in [-0.25, -0.2) is 4.79 Å². The zero-order valence-corrected chi connectivity index (χ0v) is 9.70. The summed E-state index contributed by atoms with van der Waals surface area (Å²) in [6.45, 7) is 3.63. The van der Waals surface area contributed by atoms with Gasteiger partial charge in [0.25, 0.3) is 0 Å². The van der Waals surface area contributed by atoms with Crippen molar-refractivity contribution in [2.24, 2.45) is 11.8 Å². The van der Waals surface area contributed by atoms with E-state index >= 15 is 0 Å². The molecule has 1 rings (SSSR count). The summed E-state index contributed by atoms with van der Waals surface area (Å²) >= 11 is 0. The van der Waals surface area contributed by atoms with Crippen LogP contribution in [-0.4, -0.2) is 21.8 Å². The molecule has 0 aromatic rings. The molecule has 3 nitrogen and oxygen atoms in total. The zero-order valence-electron chi connectivity index (χ0n) is 9.70. The maximum Gasteiger partial charge on any atom is 0.335 e. The Morgan fingerprint density at radius 2 is 1.93 bits per heavy atom. The van der Waals surface area contributed by atoms with E-state index in [4.69, 9.17) is 5.11 Å². The Balaban J connectivity index is 2.70. The second kappa shape index (κ2) is 4.97. The minimum Gasteiger partial charge on any atom is -0.479 e. The minimum absolute atomic E-state index is 0.139. The van der Waals surface area contributed by atoms with Gasteiger partial charge in [0.15, 0.2) is 5.60 Å². The lowest BCUT2D eigenvalue weighted by molar-refractivity contribution is -0.168. The fourth-order valence-electron chi connectivity index (χ4n) is 2.69. The molecule has 0 spiro atoms. The van der Waals surface area contributed by atoms with Gasteiger partial charge in [0.2, 0.25) is 0 Å². The molecule has 1 aliphatic rings. The normalized spacial score (nSPS) is 24.5. The first-order valence-corrected chi connectivity index (χ1v) is 5.98. The number of carboxylic acid groups (broad SMARTS) is 1. The van der Waals surface area contributed by atoms with E-state index in [0.29, 0.717) is 12.3 Å². The van der Waals surface area contributed by atoms with Crippen molar-refractivity contribution in [1.82, 2.24) is 0 Å². The Morgan fingerprint density at radius 3 is 2.33 bits per heavy atom. The third-order valence-electron chi connectivity index (χ3n) is 4.02. The number of hydrogen-bond donors (Lipinski definition) is 2. The quantitative estimate of drug-likeness (QED) is 0.755. The number of hydrogen-bond acceptors (Lipinski definition) is 2. The molecule has 3 heteroatoms. The number of carbonyl (C=O) groups is 1. The van der Waals surface area contributed by atoms with Crippen molar-refractivity contribution in [3.8, 4) is 0 Å². The molecule has 0 aromatic heterocycles. The fraction of sp³-hybridized carbons (Fsp3) is 0.917. The van der Waals surface area contributed by atoms with Gasteiger partial charge < -0.3 is 10.2 Å². The van der Waals surface area contributed by atoms with E-state index in [-0.39, 0.29) is 5.92 Å². The van der Waals surface area contributed by atoms with Gasteiger partial charge in [0.05, 0.1) is 0 Å². The molecule has 2 atom stereocenters. The van der Waals surface area contributed by atoms with Crippen LogP contribution in [0.1, 0.15) is 52.4 Å². The SMILES string of the molecule is CCC(O)(C(=O)O)C(C)C1CCCCC1. The summed E-state index contributed by atoms with van der Waals surface area (Å²) in [6, 6.07) is 0. The molecular weight excluding hydrogens is 192 g/mol. The maximum atomic E-state index is 11.1. The van der Waals surface area contributed by atoms with Gasteiger partial charge >= 0.3 is 5.97 Å². The molecule has 0 aromatic carbocycles. The molecule has 15 heavy (non-hydrogen) atoms. The highest BCUT2D eigenvalue weighted by Crippen LogP contribution is 2.37. The van der Waals surface area contributed by atoms with E-state index in [9.17, 15) is 9.90 Å². The first-order valence-electron chi connectivity index (χ1n) is 5.98. The highest BCUT2D eigenvalue weighted by atomic mass is 16.4. The average molecular weight is 214 g/mol. The fourth-order valence-corrected chi connectivity index (χ4v) is 2.69. The van der Waals surface area contributed by atoms with Crippen molar-refractivity contribution in [3.63, 3.8) is 0 Å². The van der Waals surface area contributed by atoms with Gasteiger partial charge in [-0.1, -0.05) is 46.0 Å². The first kappa shape index (κ1) is 12.5. The van der Waals surface area contributed by atoms with E-state index in [2.05, 4.69) is 0 Å². The van der Waals surface area contributed by atoms with Crippen molar-refractivity contribution < 1.29 is 15.0 Å². The Kier molecular flexibility index (Phi) is 4.14. The molecule has 0 saturated heterocycles. The number of rotatable bonds is 4. The van der Waals surface area contributed by atoms with E-state index in [0.717, 1.165) is 12.8 Å². The molecule has 0 bridgehead atoms. The summed E-state index contributed by atoms with van der Waals surface area (Å²) in [7, 11) is 0. The summed E-state index contributed by atoms with van der Waals surface area (Å²) in [6.07, 6.45) is 6.02. The second-order valence-electron chi connectivity index (χ2n) is 4.77. The highest BCUT2D eigenvalue weighted by molar-refractivity contribution is 5.77. The van der Waals surface area contributed by atoms with Crippen LogP contribution >= 0.6 is 0 Å². The molecule has 1 saturated carbocycles. The van der Waals surface area contributed by atoms with Crippen LogP contribution in [0.5, 0.6) is 0 Å². The molecule has 0 radical (unpaired) electrons. The summed E-state index contributed by atoms with van der Waals surface area (Å²) in [5, 5.41) is 19.2. The lowest BCUT2D eigenvalue weighted by Gasteiger charge is -2.36. The monoisotopic (exact) mass is 214 g/mol. The summed E-state index contributed by atoms with van der Waals surface area (Å²) in [5.41, 5.74) is -1.53. The Labute approximate surface area is 91.5 Å². The van der Waals surface area contributed by atoms with Gasteiger partial charge in [0, 0.05) is 0 Å². The van der Waals surface area contributed by atoms with E-state index in [1.807, 2.05) is 6.92 Å². The van der Waals surface area contributed by atoms with Crippen LogP contribution in [0.15, 0.2) is 0 Å². The molecule has 0 aliphatic heterocycles. The van der Waals surface area contributed by atoms with Gasteiger partial charge in [-0.15, -0.1) is 0 Å². The smallest absolute Gasteiger partial charge is 0.335 e. The predicted octanol–water partition coefficient (Wildman–Crippen LogP) is 2.43. The molecular formula is C12H22O3. The van der Waals surface area contributed by atoms with Crippen LogP contribution in [0.3, 0.4) is 0 Å². The van der Waals surface area contributed by atoms with Crippen LogP contribution in [-0.2, 0) is 4.79 Å². The average Bonchev–Trinajstić information content (AvgIpc) is 2.28. The Morgan fingerprint density at radius 1 is 1.40 bits per heavy atom. The summed E-state index contributed by atoms with van der Waals surface area (Å²) < 4.78 is 0. The molecule has 88 valence electrons. The molecule has 1 fully saturated rings. The Bertz CT molecular complexity index is 221. The van der Waals surface area contributed by atoms with Crippen LogP contribution in [0.4, 0.5) is 0 Å². The highest BCUT2D eigenvalue weighted by Gasteiger charge is 2.43. The molecule has 0 amide bonds. The van der Waals surface area contributed by atoms with Crippen LogP contribution in [0.2, 0.25) is 0 Å².